The molecule has 178 valence electrons. The lowest BCUT2D eigenvalue weighted by Gasteiger charge is -2.19. The van der Waals surface area contributed by atoms with Gasteiger partial charge >= 0.3 is 0 Å². The summed E-state index contributed by atoms with van der Waals surface area (Å²) < 4.78 is 0. The Labute approximate surface area is 208 Å². The highest BCUT2D eigenvalue weighted by Gasteiger charge is 2.33. The van der Waals surface area contributed by atoms with Gasteiger partial charge in [0.2, 0.25) is 0 Å². The Bertz CT molecular complexity index is 1220. The second-order valence-corrected chi connectivity index (χ2v) is 10.6. The third-order valence-corrected chi connectivity index (χ3v) is 8.00. The van der Waals surface area contributed by atoms with Crippen molar-refractivity contribution in [3.05, 3.63) is 96.6 Å². The third kappa shape index (κ3) is 5.00. The highest BCUT2D eigenvalue weighted by Crippen LogP contribution is 2.38. The summed E-state index contributed by atoms with van der Waals surface area (Å²) in [5.41, 5.74) is 7.98. The van der Waals surface area contributed by atoms with E-state index in [-0.39, 0.29) is 0 Å². The quantitative estimate of drug-likeness (QED) is 0.542. The molecule has 4 unspecified atom stereocenters. The number of likely N-dealkylation sites (N-methyl/N-ethyl adjacent to an activating group) is 1. The molecule has 2 saturated heterocycles. The van der Waals surface area contributed by atoms with Crippen molar-refractivity contribution in [1.82, 2.24) is 20.2 Å². The van der Waals surface area contributed by atoms with Crippen LogP contribution in [0.2, 0.25) is 0 Å². The van der Waals surface area contributed by atoms with Crippen molar-refractivity contribution in [2.24, 2.45) is 11.8 Å². The molecular formula is C31H34N4. The smallest absolute Gasteiger partial charge is 0.0346 e. The summed E-state index contributed by atoms with van der Waals surface area (Å²) in [6, 6.07) is 18.2. The maximum absolute atomic E-state index is 4.45. The normalized spacial score (nSPS) is 27.0. The summed E-state index contributed by atoms with van der Waals surface area (Å²) in [7, 11) is 2.23. The van der Waals surface area contributed by atoms with Gasteiger partial charge in [0.25, 0.3) is 0 Å². The molecule has 7 rings (SSSR count). The van der Waals surface area contributed by atoms with Gasteiger partial charge < -0.3 is 5.32 Å². The van der Waals surface area contributed by atoms with Crippen molar-refractivity contribution >= 4 is 11.1 Å². The van der Waals surface area contributed by atoms with Gasteiger partial charge in [-0.2, -0.15) is 0 Å². The molecule has 2 fully saturated rings. The summed E-state index contributed by atoms with van der Waals surface area (Å²) in [5.74, 6) is 1.67. The first-order valence-corrected chi connectivity index (χ1v) is 13.0. The van der Waals surface area contributed by atoms with Gasteiger partial charge in [-0.15, -0.1) is 0 Å². The molecule has 4 bridgehead atoms. The zero-order valence-corrected chi connectivity index (χ0v) is 20.5. The Hall–Kier alpha value is -3.08. The van der Waals surface area contributed by atoms with Crippen LogP contribution in [-0.4, -0.2) is 47.1 Å². The number of benzene rings is 1. The Morgan fingerprint density at radius 1 is 0.771 bits per heavy atom. The van der Waals surface area contributed by atoms with Crippen LogP contribution in [-0.2, 0) is 0 Å². The fraction of sp³-hybridized carbons (Fsp3) is 0.355. The Morgan fingerprint density at radius 3 is 2.34 bits per heavy atom. The highest BCUT2D eigenvalue weighted by molar-refractivity contribution is 5.72. The minimum atomic E-state index is 0.573. The van der Waals surface area contributed by atoms with E-state index >= 15 is 0 Å². The molecule has 4 heterocycles. The second kappa shape index (κ2) is 9.88. The lowest BCUT2D eigenvalue weighted by atomic mass is 9.86. The number of likely N-dealkylation sites (tertiary alicyclic amines) is 1. The maximum Gasteiger partial charge on any atom is 0.0346 e. The molecule has 0 radical (unpaired) electrons. The van der Waals surface area contributed by atoms with Crippen LogP contribution < -0.4 is 5.32 Å². The molecule has 4 heteroatoms. The van der Waals surface area contributed by atoms with E-state index in [1.807, 2.05) is 36.9 Å². The van der Waals surface area contributed by atoms with Gasteiger partial charge in [-0.05, 0) is 91.1 Å². The highest BCUT2D eigenvalue weighted by atomic mass is 15.2. The Morgan fingerprint density at radius 2 is 1.54 bits per heavy atom. The molecule has 1 N–H and O–H groups in total. The van der Waals surface area contributed by atoms with E-state index in [4.69, 9.17) is 0 Å². The summed E-state index contributed by atoms with van der Waals surface area (Å²) in [4.78, 5) is 11.1. The number of aromatic nitrogens is 2. The predicted octanol–water partition coefficient (Wildman–Crippen LogP) is 5.70. The molecule has 4 aliphatic rings. The lowest BCUT2D eigenvalue weighted by Crippen LogP contribution is -2.22. The zero-order valence-electron chi connectivity index (χ0n) is 20.5. The molecule has 0 saturated carbocycles. The lowest BCUT2D eigenvalue weighted by molar-refractivity contribution is 0.354. The van der Waals surface area contributed by atoms with Crippen molar-refractivity contribution in [2.45, 2.75) is 37.8 Å². The minimum absolute atomic E-state index is 0.573. The van der Waals surface area contributed by atoms with Gasteiger partial charge in [0.15, 0.2) is 0 Å². The van der Waals surface area contributed by atoms with Crippen molar-refractivity contribution in [3.8, 4) is 11.1 Å². The number of pyridine rings is 2. The molecule has 2 aromatic heterocycles. The van der Waals surface area contributed by atoms with Gasteiger partial charge in [-0.1, -0.05) is 48.6 Å². The number of rotatable bonds is 3. The van der Waals surface area contributed by atoms with Crippen molar-refractivity contribution in [2.75, 3.05) is 20.1 Å². The zero-order chi connectivity index (χ0) is 23.6. The fourth-order valence-corrected chi connectivity index (χ4v) is 6.23. The molecule has 2 aliphatic carbocycles. The van der Waals surface area contributed by atoms with Crippen molar-refractivity contribution < 1.29 is 0 Å². The van der Waals surface area contributed by atoms with Crippen LogP contribution in [0.5, 0.6) is 0 Å². The van der Waals surface area contributed by atoms with E-state index < -0.39 is 0 Å². The van der Waals surface area contributed by atoms with E-state index in [1.54, 1.807) is 0 Å². The molecule has 2 aliphatic heterocycles. The number of nitrogens with zero attached hydrogens (tertiary/aromatic N) is 3. The van der Waals surface area contributed by atoms with Gasteiger partial charge in [-0.3, -0.25) is 14.9 Å². The predicted molar refractivity (Wildman–Crippen MR) is 144 cm³/mol. The van der Waals surface area contributed by atoms with Crippen LogP contribution in [0.3, 0.4) is 0 Å². The van der Waals surface area contributed by atoms with Gasteiger partial charge in [0.1, 0.15) is 0 Å². The van der Waals surface area contributed by atoms with E-state index in [2.05, 4.69) is 75.8 Å². The number of nitrogens with one attached hydrogen (secondary N) is 1. The number of fused-ring (bicyclic) bond motifs is 4. The fourth-order valence-electron chi connectivity index (χ4n) is 6.23. The molecule has 3 aromatic rings. The van der Waals surface area contributed by atoms with E-state index in [1.165, 1.54) is 65.6 Å². The molecule has 4 nitrogen and oxygen atoms in total. The SMILES string of the molecule is C1=C(c2cncc(-c3ccccc3)c2)CC2CNC1C2.CN1CC2CC(c3cccnc3)=CC1C2. The van der Waals surface area contributed by atoms with Crippen LogP contribution >= 0.6 is 0 Å². The van der Waals surface area contributed by atoms with Crippen molar-refractivity contribution in [3.63, 3.8) is 0 Å². The first-order chi connectivity index (χ1) is 17.2. The molecule has 35 heavy (non-hydrogen) atoms. The summed E-state index contributed by atoms with van der Waals surface area (Å²) >= 11 is 0. The average Bonchev–Trinajstić information content (AvgIpc) is 3.39. The molecule has 0 amide bonds. The number of allylic oxidation sites excluding steroid dienone is 2. The first kappa shape index (κ1) is 22.4. The average molecular weight is 463 g/mol. The van der Waals surface area contributed by atoms with Crippen LogP contribution in [0.25, 0.3) is 22.3 Å². The summed E-state index contributed by atoms with van der Waals surface area (Å²) in [6.07, 6.45) is 17.7. The van der Waals surface area contributed by atoms with Gasteiger partial charge in [0.05, 0.1) is 0 Å². The summed E-state index contributed by atoms with van der Waals surface area (Å²) in [5, 5.41) is 3.57. The Kier molecular flexibility index (Phi) is 6.32. The largest absolute Gasteiger partial charge is 0.310 e. The molecule has 0 spiro atoms. The van der Waals surface area contributed by atoms with Crippen LogP contribution in [0.1, 0.15) is 36.8 Å². The topological polar surface area (TPSA) is 41.1 Å². The van der Waals surface area contributed by atoms with E-state index in [0.717, 1.165) is 18.4 Å². The third-order valence-electron chi connectivity index (χ3n) is 8.00. The molecule has 4 atom stereocenters. The van der Waals surface area contributed by atoms with Crippen LogP contribution in [0, 0.1) is 11.8 Å². The van der Waals surface area contributed by atoms with Gasteiger partial charge in [0, 0.05) is 49.0 Å². The van der Waals surface area contributed by atoms with Crippen LogP contribution in [0.15, 0.2) is 85.5 Å². The Balaban J connectivity index is 0.000000136. The van der Waals surface area contributed by atoms with Crippen LogP contribution in [0.4, 0.5) is 0 Å². The van der Waals surface area contributed by atoms with Crippen molar-refractivity contribution in [1.29, 1.82) is 0 Å². The standard InChI is InChI=1S/C18H18N2.C13H16N2/c1-2-4-14(5-3-1)16-8-17(12-19-11-16)15-6-13-7-18(9-15)20-10-13;1-15-9-10-5-12(7-13(15)6-10)11-3-2-4-14-8-11/h1-5,8-9,11-13,18,20H,6-7,10H2;2-4,7-8,10,13H,5-6,9H2,1H3. The maximum atomic E-state index is 4.45. The van der Waals surface area contributed by atoms with E-state index in [0.29, 0.717) is 12.1 Å². The minimum Gasteiger partial charge on any atom is -0.310 e. The van der Waals surface area contributed by atoms with Gasteiger partial charge in [-0.25, -0.2) is 0 Å². The monoisotopic (exact) mass is 462 g/mol. The number of hydrogen-bond acceptors (Lipinski definition) is 4. The molecular weight excluding hydrogens is 428 g/mol. The second-order valence-electron chi connectivity index (χ2n) is 10.6. The number of hydrogen-bond donors (Lipinski definition) is 1. The van der Waals surface area contributed by atoms with E-state index in [9.17, 15) is 0 Å². The molecule has 1 aromatic carbocycles. The summed E-state index contributed by atoms with van der Waals surface area (Å²) in [6.45, 7) is 2.42. The first-order valence-electron chi connectivity index (χ1n) is 13.0.